The molecule has 0 amide bonds. The van der Waals surface area contributed by atoms with Gasteiger partial charge in [0.2, 0.25) is 12.0 Å². The van der Waals surface area contributed by atoms with Crippen molar-refractivity contribution in [3.63, 3.8) is 0 Å². The van der Waals surface area contributed by atoms with E-state index in [1.165, 1.54) is 36.7 Å². The van der Waals surface area contributed by atoms with Gasteiger partial charge in [0.1, 0.15) is 35.0 Å². The van der Waals surface area contributed by atoms with Crippen LogP contribution >= 0.6 is 22.9 Å². The lowest BCUT2D eigenvalue weighted by Crippen LogP contribution is -2.45. The lowest BCUT2D eigenvalue weighted by molar-refractivity contribution is -0.153. The zero-order valence-electron chi connectivity index (χ0n) is 27.5. The number of nitrogens with zero attached hydrogens (tertiary/aromatic N) is 4. The monoisotopic (exact) mass is 748 g/mol. The van der Waals surface area contributed by atoms with E-state index in [-0.39, 0.29) is 29.4 Å². The number of carbonyl (C=O) groups is 1. The molecule has 1 fully saturated rings. The maximum atomic E-state index is 14.2. The Hall–Kier alpha value is -4.44. The first kappa shape index (κ1) is 36.4. The number of likely N-dealkylation sites (N-methyl/N-ethyl adjacent to an activating group) is 1. The van der Waals surface area contributed by atoms with Crippen molar-refractivity contribution in [2.24, 2.45) is 0 Å². The smallest absolute Gasteiger partial charge is 0.422 e. The molecular weight excluding hydrogens is 716 g/mol. The third kappa shape index (κ3) is 8.55. The van der Waals surface area contributed by atoms with Crippen molar-refractivity contribution in [2.45, 2.75) is 25.6 Å². The second-order valence-electron chi connectivity index (χ2n) is 12.0. The fourth-order valence-corrected chi connectivity index (χ4v) is 7.08. The number of aromatic nitrogens is 2. The molecule has 270 valence electrons. The zero-order valence-corrected chi connectivity index (χ0v) is 29.1. The van der Waals surface area contributed by atoms with Crippen LogP contribution in [0.1, 0.15) is 11.1 Å². The number of aliphatic carboxylic acids is 1. The Morgan fingerprint density at radius 3 is 2.53 bits per heavy atom. The molecule has 0 radical (unpaired) electrons. The Balaban J connectivity index is 1.35. The third-order valence-corrected chi connectivity index (χ3v) is 10.0. The molecule has 4 heterocycles. The summed E-state index contributed by atoms with van der Waals surface area (Å²) in [7, 11) is 2.09. The van der Waals surface area contributed by atoms with Gasteiger partial charge in [0, 0.05) is 50.8 Å². The highest BCUT2D eigenvalue weighted by Crippen LogP contribution is 2.49. The number of alkyl halides is 3. The fourth-order valence-electron chi connectivity index (χ4n) is 5.75. The van der Waals surface area contributed by atoms with Gasteiger partial charge in [0.25, 0.3) is 6.01 Å². The molecule has 51 heavy (non-hydrogen) atoms. The number of furan rings is 1. The summed E-state index contributed by atoms with van der Waals surface area (Å²) in [5.41, 5.74) is 1.84. The minimum atomic E-state index is -4.59. The molecular formula is C35H33ClF4N4O6S. The van der Waals surface area contributed by atoms with Crippen molar-refractivity contribution in [2.75, 3.05) is 53.0 Å². The second kappa shape index (κ2) is 15.4. The number of thiophene rings is 1. The number of carboxylic acid groups (broad SMARTS) is 1. The minimum Gasteiger partial charge on any atom is -0.491 e. The molecule has 0 spiro atoms. The maximum Gasteiger partial charge on any atom is 0.422 e. The highest BCUT2D eigenvalue weighted by atomic mass is 35.5. The molecule has 2 aromatic carbocycles. The van der Waals surface area contributed by atoms with Gasteiger partial charge in [0.05, 0.1) is 15.3 Å². The Kier molecular flexibility index (Phi) is 11.0. The van der Waals surface area contributed by atoms with Crippen LogP contribution in [0.2, 0.25) is 5.02 Å². The molecule has 1 saturated heterocycles. The predicted molar refractivity (Wildman–Crippen MR) is 183 cm³/mol. The summed E-state index contributed by atoms with van der Waals surface area (Å²) < 4.78 is 75.4. The van der Waals surface area contributed by atoms with Crippen LogP contribution < -0.4 is 14.2 Å². The molecule has 1 atom stereocenters. The molecule has 16 heteroatoms. The molecule has 0 saturated carbocycles. The van der Waals surface area contributed by atoms with Crippen LogP contribution in [0.25, 0.3) is 32.0 Å². The first-order valence-corrected chi connectivity index (χ1v) is 17.1. The van der Waals surface area contributed by atoms with Gasteiger partial charge in [-0.3, -0.25) is 4.90 Å². The van der Waals surface area contributed by atoms with E-state index in [1.807, 2.05) is 0 Å². The van der Waals surface area contributed by atoms with Crippen molar-refractivity contribution >= 4 is 39.1 Å². The van der Waals surface area contributed by atoms with E-state index >= 15 is 0 Å². The number of fused-ring (bicyclic) bond motifs is 1. The van der Waals surface area contributed by atoms with Crippen LogP contribution in [0.4, 0.5) is 17.6 Å². The number of piperazine rings is 1. The molecule has 10 nitrogen and oxygen atoms in total. The summed E-state index contributed by atoms with van der Waals surface area (Å²) in [6, 6.07) is 11.1. The number of para-hydroxylation sites is 1. The Bertz CT molecular complexity index is 2010. The number of carboxylic acids is 1. The summed E-state index contributed by atoms with van der Waals surface area (Å²) >= 11 is 8.04. The van der Waals surface area contributed by atoms with Crippen LogP contribution in [-0.4, -0.2) is 96.1 Å². The minimum absolute atomic E-state index is 0.117. The molecule has 0 bridgehead atoms. The Labute approximate surface area is 299 Å². The molecule has 1 aliphatic rings. The van der Waals surface area contributed by atoms with E-state index in [0.29, 0.717) is 49.2 Å². The lowest BCUT2D eigenvalue weighted by atomic mass is 9.97. The number of benzene rings is 2. The summed E-state index contributed by atoms with van der Waals surface area (Å²) in [5, 5.41) is 10.8. The zero-order chi connectivity index (χ0) is 36.3. The van der Waals surface area contributed by atoms with Gasteiger partial charge in [-0.05, 0) is 48.9 Å². The molecule has 0 aliphatic carbocycles. The van der Waals surface area contributed by atoms with Crippen LogP contribution in [0.3, 0.4) is 0 Å². The van der Waals surface area contributed by atoms with Crippen molar-refractivity contribution in [3.05, 3.63) is 77.0 Å². The third-order valence-electron chi connectivity index (χ3n) is 8.43. The van der Waals surface area contributed by atoms with Gasteiger partial charge >= 0.3 is 12.1 Å². The summed E-state index contributed by atoms with van der Waals surface area (Å²) in [4.78, 5) is 26.6. The molecule has 5 aromatic rings. The van der Waals surface area contributed by atoms with Gasteiger partial charge in [0.15, 0.2) is 6.61 Å². The molecule has 1 N–H and O–H groups in total. The first-order chi connectivity index (χ1) is 24.4. The van der Waals surface area contributed by atoms with Crippen LogP contribution in [0.15, 0.2) is 59.3 Å². The average molecular weight is 749 g/mol. The largest absolute Gasteiger partial charge is 0.491 e. The Morgan fingerprint density at radius 1 is 1.06 bits per heavy atom. The number of ether oxygens (including phenoxy) is 3. The summed E-state index contributed by atoms with van der Waals surface area (Å²) in [6.45, 7) is 5.26. The number of rotatable bonds is 13. The second-order valence-corrected chi connectivity index (χ2v) is 13.4. The van der Waals surface area contributed by atoms with Crippen molar-refractivity contribution in [3.8, 4) is 39.1 Å². The van der Waals surface area contributed by atoms with E-state index in [4.69, 9.17) is 30.2 Å². The standard InChI is InChI=1S/C35H33ClF4N4O6S/c1-20-22(7-8-24(30(20)36)47-16-15-44-13-11-43(2)12-14-44)28-29-32(41-19-42-33(29)51-31(28)25-9-10-27(37)49-25)50-26(34(45)46)17-21-5-3-4-6-23(21)48-18-35(38,39)40/h3-10,19,26H,11-18H2,1-2H3,(H,45,46)/t26-/m1/s1. The SMILES string of the molecule is Cc1c(-c2c(-c3ccc(F)o3)sc3ncnc(O[C@H](Cc4ccccc4OCC(F)(F)F)C(=O)O)c23)ccc(OCCN2CCN(C)CC2)c1Cl. The highest BCUT2D eigenvalue weighted by Gasteiger charge is 2.31. The van der Waals surface area contributed by atoms with E-state index in [2.05, 4.69) is 26.8 Å². The lowest BCUT2D eigenvalue weighted by Gasteiger charge is -2.32. The normalized spacial score (nSPS) is 14.9. The van der Waals surface area contributed by atoms with Gasteiger partial charge in [-0.1, -0.05) is 35.9 Å². The van der Waals surface area contributed by atoms with Gasteiger partial charge in [-0.25, -0.2) is 14.8 Å². The van der Waals surface area contributed by atoms with E-state index in [1.54, 1.807) is 25.1 Å². The van der Waals surface area contributed by atoms with Crippen molar-refractivity contribution in [1.82, 2.24) is 19.8 Å². The fraction of sp³-hybridized carbons (Fsp3) is 0.343. The predicted octanol–water partition coefficient (Wildman–Crippen LogP) is 7.36. The van der Waals surface area contributed by atoms with Gasteiger partial charge < -0.3 is 28.6 Å². The van der Waals surface area contributed by atoms with E-state index in [9.17, 15) is 27.5 Å². The van der Waals surface area contributed by atoms with Crippen LogP contribution in [-0.2, 0) is 11.2 Å². The van der Waals surface area contributed by atoms with Crippen molar-refractivity contribution < 1.29 is 46.1 Å². The molecule has 3 aromatic heterocycles. The first-order valence-electron chi connectivity index (χ1n) is 15.9. The number of hydrogen-bond donors (Lipinski definition) is 1. The maximum absolute atomic E-state index is 14.2. The topological polar surface area (TPSA) is 110 Å². The molecule has 1 aliphatic heterocycles. The average Bonchev–Trinajstić information content (AvgIpc) is 3.70. The van der Waals surface area contributed by atoms with Gasteiger partial charge in [-0.15, -0.1) is 11.3 Å². The van der Waals surface area contributed by atoms with Gasteiger partial charge in [-0.2, -0.15) is 17.6 Å². The van der Waals surface area contributed by atoms with Crippen molar-refractivity contribution in [1.29, 1.82) is 0 Å². The van der Waals surface area contributed by atoms with E-state index in [0.717, 1.165) is 44.1 Å². The summed E-state index contributed by atoms with van der Waals surface area (Å²) in [5.74, 6) is -0.984. The molecule has 6 rings (SSSR count). The number of halogens is 5. The van der Waals surface area contributed by atoms with Crippen LogP contribution in [0.5, 0.6) is 17.4 Å². The summed E-state index contributed by atoms with van der Waals surface area (Å²) in [6.07, 6.45) is -5.35. The molecule has 0 unspecified atom stereocenters. The Morgan fingerprint density at radius 2 is 1.82 bits per heavy atom. The quantitative estimate of drug-likeness (QED) is 0.123. The van der Waals surface area contributed by atoms with Crippen LogP contribution in [0, 0.1) is 12.9 Å². The highest BCUT2D eigenvalue weighted by molar-refractivity contribution is 7.22. The van der Waals surface area contributed by atoms with E-state index < -0.39 is 30.9 Å². The number of hydrogen-bond acceptors (Lipinski definition) is 10.